The van der Waals surface area contributed by atoms with Gasteiger partial charge >= 0.3 is 0 Å². The standard InChI is InChI=1S/C8H11BrN2O/c1-6(5-12)11-8-3-2-7(9)4-10-8/h2-4,6,12H,5H2,1H3,(H,10,11)/t6-/m0/s1. The number of hydrogen-bond donors (Lipinski definition) is 2. The van der Waals surface area contributed by atoms with Crippen LogP contribution in [0.5, 0.6) is 0 Å². The van der Waals surface area contributed by atoms with Crippen molar-refractivity contribution in [3.05, 3.63) is 22.8 Å². The summed E-state index contributed by atoms with van der Waals surface area (Å²) in [5, 5.41) is 11.8. The topological polar surface area (TPSA) is 45.1 Å². The van der Waals surface area contributed by atoms with Crippen LogP contribution in [0.3, 0.4) is 0 Å². The minimum absolute atomic E-state index is 0.0404. The Balaban J connectivity index is 2.58. The molecule has 0 fully saturated rings. The molecular formula is C8H11BrN2O. The predicted octanol–water partition coefficient (Wildman–Crippen LogP) is 1.64. The van der Waals surface area contributed by atoms with Crippen LogP contribution in [0.4, 0.5) is 5.82 Å². The summed E-state index contributed by atoms with van der Waals surface area (Å²) < 4.78 is 0.949. The molecular weight excluding hydrogens is 220 g/mol. The lowest BCUT2D eigenvalue weighted by Crippen LogP contribution is -2.19. The van der Waals surface area contributed by atoms with E-state index in [9.17, 15) is 0 Å². The zero-order valence-electron chi connectivity index (χ0n) is 6.79. The van der Waals surface area contributed by atoms with Gasteiger partial charge in [-0.3, -0.25) is 0 Å². The zero-order chi connectivity index (χ0) is 8.97. The van der Waals surface area contributed by atoms with E-state index >= 15 is 0 Å². The number of nitrogens with one attached hydrogen (secondary N) is 1. The predicted molar refractivity (Wildman–Crippen MR) is 52.1 cm³/mol. The van der Waals surface area contributed by atoms with Gasteiger partial charge in [-0.25, -0.2) is 4.98 Å². The Morgan fingerprint density at radius 3 is 2.92 bits per heavy atom. The number of nitrogens with zero attached hydrogens (tertiary/aromatic N) is 1. The van der Waals surface area contributed by atoms with Crippen molar-refractivity contribution in [3.8, 4) is 0 Å². The van der Waals surface area contributed by atoms with E-state index in [1.54, 1.807) is 6.20 Å². The zero-order valence-corrected chi connectivity index (χ0v) is 8.37. The van der Waals surface area contributed by atoms with E-state index in [4.69, 9.17) is 5.11 Å². The minimum atomic E-state index is 0.0404. The Morgan fingerprint density at radius 1 is 1.67 bits per heavy atom. The van der Waals surface area contributed by atoms with Gasteiger partial charge in [0.05, 0.1) is 6.61 Å². The van der Waals surface area contributed by atoms with Crippen molar-refractivity contribution in [2.45, 2.75) is 13.0 Å². The molecule has 0 aliphatic carbocycles. The Kier molecular flexibility index (Phi) is 3.49. The maximum atomic E-state index is 8.75. The second-order valence-corrected chi connectivity index (χ2v) is 3.51. The summed E-state index contributed by atoms with van der Waals surface area (Å²) in [6, 6.07) is 3.80. The molecule has 1 aromatic rings. The lowest BCUT2D eigenvalue weighted by atomic mass is 10.3. The molecule has 1 atom stereocenters. The summed E-state index contributed by atoms with van der Waals surface area (Å²) in [7, 11) is 0. The largest absolute Gasteiger partial charge is 0.394 e. The molecule has 0 bridgehead atoms. The van der Waals surface area contributed by atoms with Gasteiger partial charge < -0.3 is 10.4 Å². The van der Waals surface area contributed by atoms with Crippen molar-refractivity contribution in [1.29, 1.82) is 0 Å². The SMILES string of the molecule is C[C@@H](CO)Nc1ccc(Br)cn1. The number of rotatable bonds is 3. The molecule has 0 aliphatic heterocycles. The maximum absolute atomic E-state index is 8.75. The second kappa shape index (κ2) is 4.42. The summed E-state index contributed by atoms with van der Waals surface area (Å²) in [4.78, 5) is 4.10. The fourth-order valence-electron chi connectivity index (χ4n) is 0.759. The van der Waals surface area contributed by atoms with E-state index in [0.29, 0.717) is 0 Å². The molecule has 0 radical (unpaired) electrons. The van der Waals surface area contributed by atoms with Gasteiger partial charge in [0.25, 0.3) is 0 Å². The summed E-state index contributed by atoms with van der Waals surface area (Å²) in [5.74, 6) is 0.778. The first-order valence-electron chi connectivity index (χ1n) is 3.71. The minimum Gasteiger partial charge on any atom is -0.394 e. The highest BCUT2D eigenvalue weighted by Gasteiger charge is 1.99. The lowest BCUT2D eigenvalue weighted by Gasteiger charge is -2.10. The summed E-state index contributed by atoms with van der Waals surface area (Å²) in [6.07, 6.45) is 1.71. The number of anilines is 1. The number of aliphatic hydroxyl groups is 1. The van der Waals surface area contributed by atoms with Gasteiger partial charge in [0.1, 0.15) is 5.82 Å². The molecule has 0 spiro atoms. The Morgan fingerprint density at radius 2 is 2.42 bits per heavy atom. The third-order valence-corrected chi connectivity index (χ3v) is 1.86. The third kappa shape index (κ3) is 2.79. The summed E-state index contributed by atoms with van der Waals surface area (Å²) in [5.41, 5.74) is 0. The first kappa shape index (κ1) is 9.48. The van der Waals surface area contributed by atoms with E-state index in [0.717, 1.165) is 10.3 Å². The van der Waals surface area contributed by atoms with Gasteiger partial charge in [-0.15, -0.1) is 0 Å². The normalized spacial score (nSPS) is 12.6. The molecule has 0 saturated carbocycles. The molecule has 0 saturated heterocycles. The van der Waals surface area contributed by atoms with Gasteiger partial charge in [0.15, 0.2) is 0 Å². The highest BCUT2D eigenvalue weighted by atomic mass is 79.9. The van der Waals surface area contributed by atoms with Crippen LogP contribution in [0.1, 0.15) is 6.92 Å². The first-order valence-corrected chi connectivity index (χ1v) is 4.50. The number of pyridine rings is 1. The molecule has 66 valence electrons. The van der Waals surface area contributed by atoms with Crippen LogP contribution in [0.2, 0.25) is 0 Å². The van der Waals surface area contributed by atoms with Crippen LogP contribution >= 0.6 is 15.9 Å². The van der Waals surface area contributed by atoms with Crippen molar-refractivity contribution in [3.63, 3.8) is 0 Å². The van der Waals surface area contributed by atoms with Crippen molar-refractivity contribution in [2.75, 3.05) is 11.9 Å². The summed E-state index contributed by atoms with van der Waals surface area (Å²) in [6.45, 7) is 2.00. The van der Waals surface area contributed by atoms with Crippen molar-refractivity contribution in [1.82, 2.24) is 4.98 Å². The molecule has 1 heterocycles. The molecule has 0 aliphatic rings. The van der Waals surface area contributed by atoms with Gasteiger partial charge in [-0.2, -0.15) is 0 Å². The summed E-state index contributed by atoms with van der Waals surface area (Å²) >= 11 is 3.29. The molecule has 1 rings (SSSR count). The number of hydrogen-bond acceptors (Lipinski definition) is 3. The molecule has 0 aromatic carbocycles. The van der Waals surface area contributed by atoms with Crippen LogP contribution in [-0.4, -0.2) is 22.7 Å². The quantitative estimate of drug-likeness (QED) is 0.831. The fraction of sp³-hybridized carbons (Fsp3) is 0.375. The second-order valence-electron chi connectivity index (χ2n) is 2.59. The first-order chi connectivity index (χ1) is 5.72. The monoisotopic (exact) mass is 230 g/mol. The molecule has 0 amide bonds. The average molecular weight is 231 g/mol. The smallest absolute Gasteiger partial charge is 0.126 e. The van der Waals surface area contributed by atoms with Gasteiger partial charge in [-0.05, 0) is 35.0 Å². The molecule has 12 heavy (non-hydrogen) atoms. The third-order valence-electron chi connectivity index (χ3n) is 1.40. The highest BCUT2D eigenvalue weighted by Crippen LogP contribution is 2.10. The van der Waals surface area contributed by atoms with Crippen LogP contribution in [0.15, 0.2) is 22.8 Å². The Hall–Kier alpha value is -0.610. The Bertz CT molecular complexity index is 237. The maximum Gasteiger partial charge on any atom is 0.126 e. The molecule has 0 unspecified atom stereocenters. The fourth-order valence-corrected chi connectivity index (χ4v) is 0.994. The lowest BCUT2D eigenvalue weighted by molar-refractivity contribution is 0.281. The Labute approximate surface area is 80.0 Å². The average Bonchev–Trinajstić information content (AvgIpc) is 2.09. The van der Waals surface area contributed by atoms with E-state index < -0.39 is 0 Å². The molecule has 4 heteroatoms. The number of aliphatic hydroxyl groups excluding tert-OH is 1. The van der Waals surface area contributed by atoms with Gasteiger partial charge in [-0.1, -0.05) is 0 Å². The van der Waals surface area contributed by atoms with E-state index in [2.05, 4.69) is 26.2 Å². The van der Waals surface area contributed by atoms with Crippen LogP contribution in [-0.2, 0) is 0 Å². The molecule has 3 nitrogen and oxygen atoms in total. The number of aromatic nitrogens is 1. The van der Waals surface area contributed by atoms with E-state index in [1.165, 1.54) is 0 Å². The van der Waals surface area contributed by atoms with Gasteiger partial charge in [0, 0.05) is 16.7 Å². The van der Waals surface area contributed by atoms with Crippen molar-refractivity contribution < 1.29 is 5.11 Å². The number of halogens is 1. The van der Waals surface area contributed by atoms with Gasteiger partial charge in [0.2, 0.25) is 0 Å². The van der Waals surface area contributed by atoms with E-state index in [1.807, 2.05) is 19.1 Å². The molecule has 2 N–H and O–H groups in total. The van der Waals surface area contributed by atoms with Crippen molar-refractivity contribution in [2.24, 2.45) is 0 Å². The van der Waals surface area contributed by atoms with Crippen LogP contribution in [0, 0.1) is 0 Å². The van der Waals surface area contributed by atoms with Crippen molar-refractivity contribution >= 4 is 21.7 Å². The molecule has 1 aromatic heterocycles. The van der Waals surface area contributed by atoms with Crippen LogP contribution in [0.25, 0.3) is 0 Å². The van der Waals surface area contributed by atoms with Crippen LogP contribution < -0.4 is 5.32 Å². The highest BCUT2D eigenvalue weighted by molar-refractivity contribution is 9.10. The van der Waals surface area contributed by atoms with E-state index in [-0.39, 0.29) is 12.6 Å².